The molecule has 0 aromatic carbocycles. The van der Waals surface area contributed by atoms with E-state index in [0.717, 1.165) is 19.3 Å². The van der Waals surface area contributed by atoms with Gasteiger partial charge in [-0.1, -0.05) is 13.8 Å². The summed E-state index contributed by atoms with van der Waals surface area (Å²) >= 11 is 1.84. The number of aryl methyl sites for hydroxylation is 1. The minimum atomic E-state index is 0.261. The van der Waals surface area contributed by atoms with Gasteiger partial charge in [-0.2, -0.15) is 0 Å². The zero-order valence-electron chi connectivity index (χ0n) is 8.92. The molecule has 0 radical (unpaired) electrons. The van der Waals surface area contributed by atoms with E-state index in [9.17, 15) is 0 Å². The molecule has 0 bridgehead atoms. The molecule has 1 aliphatic rings. The first-order valence-electron chi connectivity index (χ1n) is 5.41. The Kier molecular flexibility index (Phi) is 2.88. The summed E-state index contributed by atoms with van der Waals surface area (Å²) in [6, 6.07) is 0.261. The highest BCUT2D eigenvalue weighted by Gasteiger charge is 2.21. The highest BCUT2D eigenvalue weighted by molar-refractivity contribution is 7.11. The van der Waals surface area contributed by atoms with Gasteiger partial charge in [0.1, 0.15) is 0 Å². The molecule has 1 unspecified atom stereocenters. The fourth-order valence-electron chi connectivity index (χ4n) is 1.94. The average molecular weight is 210 g/mol. The van der Waals surface area contributed by atoms with Crippen LogP contribution in [0.1, 0.15) is 48.3 Å². The standard InChI is InChI=1S/C11H18N2S/c1-7(2)6-10-13-9-5-3-4-8(12)11(9)14-10/h7-8H,3-6,12H2,1-2H3. The van der Waals surface area contributed by atoms with Crippen LogP contribution in [0.2, 0.25) is 0 Å². The second-order valence-electron chi connectivity index (χ2n) is 4.52. The Morgan fingerprint density at radius 2 is 2.36 bits per heavy atom. The van der Waals surface area contributed by atoms with Gasteiger partial charge in [0.05, 0.1) is 10.7 Å². The Bertz CT molecular complexity index is 317. The van der Waals surface area contributed by atoms with Crippen molar-refractivity contribution in [3.05, 3.63) is 15.6 Å². The molecule has 1 aromatic heterocycles. The minimum Gasteiger partial charge on any atom is -0.323 e. The summed E-state index contributed by atoms with van der Waals surface area (Å²) in [6.07, 6.45) is 4.58. The molecule has 1 heterocycles. The minimum absolute atomic E-state index is 0.261. The number of thiazole rings is 1. The second kappa shape index (κ2) is 3.99. The highest BCUT2D eigenvalue weighted by atomic mass is 32.1. The normalized spacial score (nSPS) is 21.3. The molecule has 78 valence electrons. The van der Waals surface area contributed by atoms with E-state index in [1.165, 1.54) is 22.0 Å². The van der Waals surface area contributed by atoms with Crippen LogP contribution >= 0.6 is 11.3 Å². The maximum atomic E-state index is 6.06. The molecule has 1 aliphatic carbocycles. The van der Waals surface area contributed by atoms with E-state index in [1.807, 2.05) is 11.3 Å². The molecule has 2 nitrogen and oxygen atoms in total. The lowest BCUT2D eigenvalue weighted by Gasteiger charge is -2.15. The molecule has 14 heavy (non-hydrogen) atoms. The SMILES string of the molecule is CC(C)Cc1nc2c(s1)C(N)CCC2. The molecule has 1 atom stereocenters. The average Bonchev–Trinajstić information content (AvgIpc) is 2.47. The smallest absolute Gasteiger partial charge is 0.0934 e. The zero-order chi connectivity index (χ0) is 10.1. The third-order valence-electron chi connectivity index (χ3n) is 2.62. The Balaban J connectivity index is 2.21. The summed E-state index contributed by atoms with van der Waals surface area (Å²) in [5.74, 6) is 0.693. The van der Waals surface area contributed by atoms with E-state index in [1.54, 1.807) is 0 Å². The monoisotopic (exact) mass is 210 g/mol. The van der Waals surface area contributed by atoms with Crippen molar-refractivity contribution in [3.8, 4) is 0 Å². The van der Waals surface area contributed by atoms with Gasteiger partial charge in [0.15, 0.2) is 0 Å². The topological polar surface area (TPSA) is 38.9 Å². The van der Waals surface area contributed by atoms with Gasteiger partial charge in [-0.05, 0) is 25.2 Å². The van der Waals surface area contributed by atoms with Crippen molar-refractivity contribution in [1.29, 1.82) is 0 Å². The molecular formula is C11H18N2S. The zero-order valence-corrected chi connectivity index (χ0v) is 9.73. The molecule has 3 heteroatoms. The lowest BCUT2D eigenvalue weighted by molar-refractivity contribution is 0.571. The van der Waals surface area contributed by atoms with E-state index in [-0.39, 0.29) is 6.04 Å². The van der Waals surface area contributed by atoms with Gasteiger partial charge < -0.3 is 5.73 Å². The van der Waals surface area contributed by atoms with Crippen LogP contribution in [0.15, 0.2) is 0 Å². The number of rotatable bonds is 2. The fraction of sp³-hybridized carbons (Fsp3) is 0.727. The summed E-state index contributed by atoms with van der Waals surface area (Å²) in [5, 5.41) is 1.28. The van der Waals surface area contributed by atoms with Crippen LogP contribution in [0.25, 0.3) is 0 Å². The number of nitrogens with zero attached hydrogens (tertiary/aromatic N) is 1. The van der Waals surface area contributed by atoms with Crippen LogP contribution in [0, 0.1) is 5.92 Å². The van der Waals surface area contributed by atoms with Crippen LogP contribution < -0.4 is 5.73 Å². The number of fused-ring (bicyclic) bond motifs is 1. The Morgan fingerprint density at radius 1 is 1.57 bits per heavy atom. The van der Waals surface area contributed by atoms with Crippen molar-refractivity contribution in [2.75, 3.05) is 0 Å². The first kappa shape index (κ1) is 10.1. The molecule has 0 saturated heterocycles. The summed E-state index contributed by atoms with van der Waals surface area (Å²) < 4.78 is 0. The molecule has 0 saturated carbocycles. The van der Waals surface area contributed by atoms with Crippen molar-refractivity contribution in [3.63, 3.8) is 0 Å². The Labute approximate surface area is 89.5 Å². The Hall–Kier alpha value is -0.410. The maximum absolute atomic E-state index is 6.06. The van der Waals surface area contributed by atoms with E-state index in [4.69, 9.17) is 5.73 Å². The lowest BCUT2D eigenvalue weighted by atomic mass is 9.99. The third kappa shape index (κ3) is 1.98. The van der Waals surface area contributed by atoms with Crippen LogP contribution in [-0.2, 0) is 12.8 Å². The maximum Gasteiger partial charge on any atom is 0.0934 e. The van der Waals surface area contributed by atoms with E-state index in [0.29, 0.717) is 5.92 Å². The van der Waals surface area contributed by atoms with Crippen LogP contribution in [0.4, 0.5) is 0 Å². The summed E-state index contributed by atoms with van der Waals surface area (Å²) in [6.45, 7) is 4.47. The summed E-state index contributed by atoms with van der Waals surface area (Å²) in [7, 11) is 0. The van der Waals surface area contributed by atoms with Crippen LogP contribution in [-0.4, -0.2) is 4.98 Å². The van der Waals surface area contributed by atoms with E-state index < -0.39 is 0 Å². The number of nitrogens with two attached hydrogens (primary N) is 1. The van der Waals surface area contributed by atoms with Gasteiger partial charge in [0.25, 0.3) is 0 Å². The van der Waals surface area contributed by atoms with Gasteiger partial charge in [0.2, 0.25) is 0 Å². The molecule has 0 amide bonds. The molecular weight excluding hydrogens is 192 g/mol. The first-order valence-corrected chi connectivity index (χ1v) is 6.22. The fourth-order valence-corrected chi connectivity index (χ4v) is 3.30. The first-order chi connectivity index (χ1) is 6.66. The molecule has 0 spiro atoms. The summed E-state index contributed by atoms with van der Waals surface area (Å²) in [5.41, 5.74) is 7.34. The quantitative estimate of drug-likeness (QED) is 0.815. The van der Waals surface area contributed by atoms with E-state index in [2.05, 4.69) is 18.8 Å². The van der Waals surface area contributed by atoms with Crippen molar-refractivity contribution in [2.45, 2.75) is 45.6 Å². The Morgan fingerprint density at radius 3 is 3.00 bits per heavy atom. The number of hydrogen-bond donors (Lipinski definition) is 1. The molecule has 2 N–H and O–H groups in total. The number of hydrogen-bond acceptors (Lipinski definition) is 3. The van der Waals surface area contributed by atoms with Gasteiger partial charge >= 0.3 is 0 Å². The van der Waals surface area contributed by atoms with Crippen molar-refractivity contribution in [2.24, 2.45) is 11.7 Å². The summed E-state index contributed by atoms with van der Waals surface area (Å²) in [4.78, 5) is 6.03. The van der Waals surface area contributed by atoms with Crippen LogP contribution in [0.3, 0.4) is 0 Å². The second-order valence-corrected chi connectivity index (χ2v) is 5.63. The molecule has 1 aromatic rings. The van der Waals surface area contributed by atoms with Gasteiger partial charge in [-0.3, -0.25) is 0 Å². The molecule has 2 rings (SSSR count). The predicted molar refractivity (Wildman–Crippen MR) is 60.5 cm³/mol. The van der Waals surface area contributed by atoms with Gasteiger partial charge in [-0.25, -0.2) is 4.98 Å². The van der Waals surface area contributed by atoms with Crippen molar-refractivity contribution < 1.29 is 0 Å². The van der Waals surface area contributed by atoms with Crippen molar-refractivity contribution in [1.82, 2.24) is 4.98 Å². The van der Waals surface area contributed by atoms with Crippen molar-refractivity contribution >= 4 is 11.3 Å². The predicted octanol–water partition coefficient (Wildman–Crippen LogP) is 2.68. The highest BCUT2D eigenvalue weighted by Crippen LogP contribution is 2.33. The van der Waals surface area contributed by atoms with Gasteiger partial charge in [-0.15, -0.1) is 11.3 Å². The lowest BCUT2D eigenvalue weighted by Crippen LogP contribution is -2.15. The molecule has 0 fully saturated rings. The number of aromatic nitrogens is 1. The van der Waals surface area contributed by atoms with Crippen LogP contribution in [0.5, 0.6) is 0 Å². The largest absolute Gasteiger partial charge is 0.323 e. The van der Waals surface area contributed by atoms with Gasteiger partial charge in [0, 0.05) is 17.3 Å². The molecule has 0 aliphatic heterocycles. The third-order valence-corrected chi connectivity index (χ3v) is 3.87. The van der Waals surface area contributed by atoms with E-state index >= 15 is 0 Å².